The van der Waals surface area contributed by atoms with Crippen LogP contribution in [0.5, 0.6) is 11.1 Å². The van der Waals surface area contributed by atoms with Crippen LogP contribution in [0.25, 0.3) is 10.7 Å². The third-order valence-corrected chi connectivity index (χ3v) is 6.19. The number of hydrogen-bond donors (Lipinski definition) is 1. The van der Waals surface area contributed by atoms with Gasteiger partial charge in [-0.3, -0.25) is 4.79 Å². The van der Waals surface area contributed by atoms with E-state index in [0.29, 0.717) is 5.56 Å². The number of carbonyl (C=O) groups is 1. The minimum Gasteiger partial charge on any atom is -0.408 e. The number of hydrogen-bond acceptors (Lipinski definition) is 9. The number of halogens is 6. The van der Waals surface area contributed by atoms with E-state index in [-0.39, 0.29) is 50.5 Å². The fourth-order valence-electron chi connectivity index (χ4n) is 2.97. The van der Waals surface area contributed by atoms with Crippen LogP contribution in [-0.2, 0) is 17.1 Å². The van der Waals surface area contributed by atoms with Crippen LogP contribution in [0, 0.1) is 6.92 Å². The van der Waals surface area contributed by atoms with Gasteiger partial charge in [-0.1, -0.05) is 58.1 Å². The van der Waals surface area contributed by atoms with Gasteiger partial charge in [0.1, 0.15) is 0 Å². The lowest BCUT2D eigenvalue weighted by atomic mass is 9.97. The highest BCUT2D eigenvalue weighted by Crippen LogP contribution is 2.40. The van der Waals surface area contributed by atoms with E-state index in [4.69, 9.17) is 10.5 Å². The molecular weight excluding hydrogens is 536 g/mol. The van der Waals surface area contributed by atoms with Crippen molar-refractivity contribution in [3.05, 3.63) is 63.2 Å². The Kier molecular flexibility index (Phi) is 6.52. The zero-order valence-electron chi connectivity index (χ0n) is 17.6. The fourth-order valence-corrected chi connectivity index (χ4v) is 4.25. The minimum atomic E-state index is -4.78. The Hall–Kier alpha value is -3.86. The smallest absolute Gasteiger partial charge is 0.408 e. The molecule has 9 nitrogen and oxygen atoms in total. The van der Waals surface area contributed by atoms with Gasteiger partial charge in [0.15, 0.2) is 0 Å². The minimum absolute atomic E-state index is 0.0486. The van der Waals surface area contributed by atoms with E-state index in [1.807, 2.05) is 0 Å². The Balaban J connectivity index is 1.90. The first kappa shape index (κ1) is 25.2. The Morgan fingerprint density at radius 1 is 0.972 bits per heavy atom. The van der Waals surface area contributed by atoms with Gasteiger partial charge in [0.25, 0.3) is 0 Å². The number of carbonyl (C=O) groups excluding carboxylic acids is 1. The normalized spacial score (nSPS) is 12.7. The number of nitrogens with zero attached hydrogens (tertiary/aromatic N) is 6. The summed E-state index contributed by atoms with van der Waals surface area (Å²) >= 11 is 0.256. The summed E-state index contributed by atoms with van der Waals surface area (Å²) in [5.41, 5.74) is 6.12. The molecule has 0 saturated carbocycles. The van der Waals surface area contributed by atoms with Gasteiger partial charge in [-0.15, -0.1) is 20.4 Å². The maximum atomic E-state index is 13.1. The molecule has 4 aromatic rings. The summed E-state index contributed by atoms with van der Waals surface area (Å²) in [6, 6.07) is 8.19. The van der Waals surface area contributed by atoms with Crippen molar-refractivity contribution >= 4 is 34.2 Å². The molecule has 0 bridgehead atoms. The van der Waals surface area contributed by atoms with E-state index < -0.39 is 33.5 Å². The van der Waals surface area contributed by atoms with E-state index in [0.717, 1.165) is 10.8 Å². The first-order valence-corrected chi connectivity index (χ1v) is 11.1. The first-order valence-electron chi connectivity index (χ1n) is 9.50. The molecule has 0 radical (unpaired) electrons. The fraction of sp³-hybridized carbons (Fsp3) is 0.158. The average Bonchev–Trinajstić information content (AvgIpc) is 3.52. The third kappa shape index (κ3) is 5.20. The van der Waals surface area contributed by atoms with E-state index >= 15 is 0 Å². The monoisotopic (exact) mass is 547 g/mol. The summed E-state index contributed by atoms with van der Waals surface area (Å²) < 4.78 is 84.5. The van der Waals surface area contributed by atoms with Gasteiger partial charge < -0.3 is 10.5 Å². The molecule has 0 aliphatic heterocycles. The predicted octanol–water partition coefficient (Wildman–Crippen LogP) is 4.63. The standard InChI is InChI=1S/C19H11F6N7O2S2/c1-8-12(10(7-11(26)33)9-5-3-2-4-6-9)13(34-17-30-28-15(36-17)19(23,24)25)31-32(8)16-29-27-14(35-16)18(20,21)22/h2-7H,1H3,(H2,26,33)/b10-7-. The van der Waals surface area contributed by atoms with Crippen molar-refractivity contribution in [3.63, 3.8) is 0 Å². The molecular formula is C19H11F6N7O2S2. The highest BCUT2D eigenvalue weighted by atomic mass is 32.1. The topological polar surface area (TPSA) is 122 Å². The number of amides is 1. The lowest BCUT2D eigenvalue weighted by molar-refractivity contribution is -0.138. The third-order valence-electron chi connectivity index (χ3n) is 4.40. The maximum absolute atomic E-state index is 13.1. The lowest BCUT2D eigenvalue weighted by Gasteiger charge is -2.09. The van der Waals surface area contributed by atoms with Crippen molar-refractivity contribution in [2.24, 2.45) is 5.73 Å². The van der Waals surface area contributed by atoms with Crippen molar-refractivity contribution in [1.29, 1.82) is 0 Å². The van der Waals surface area contributed by atoms with Gasteiger partial charge in [-0.2, -0.15) is 26.3 Å². The van der Waals surface area contributed by atoms with Gasteiger partial charge in [0.05, 0.1) is 11.3 Å². The molecule has 17 heteroatoms. The van der Waals surface area contributed by atoms with Crippen LogP contribution in [-0.4, -0.2) is 36.1 Å². The van der Waals surface area contributed by atoms with Crippen LogP contribution in [0.2, 0.25) is 0 Å². The van der Waals surface area contributed by atoms with E-state index in [1.165, 1.54) is 6.92 Å². The molecule has 1 amide bonds. The molecule has 36 heavy (non-hydrogen) atoms. The maximum Gasteiger partial charge on any atom is 0.445 e. The Labute approximate surface area is 204 Å². The molecule has 0 aliphatic carbocycles. The Bertz CT molecular complexity index is 1440. The van der Waals surface area contributed by atoms with E-state index in [2.05, 4.69) is 25.5 Å². The summed E-state index contributed by atoms with van der Waals surface area (Å²) in [4.78, 5) is 11.8. The lowest BCUT2D eigenvalue weighted by Crippen LogP contribution is -2.08. The van der Waals surface area contributed by atoms with Gasteiger partial charge in [-0.25, -0.2) is 4.68 Å². The first-order chi connectivity index (χ1) is 16.8. The number of primary amides is 1. The van der Waals surface area contributed by atoms with Gasteiger partial charge in [-0.05, 0) is 12.5 Å². The highest BCUT2D eigenvalue weighted by Gasteiger charge is 2.38. The van der Waals surface area contributed by atoms with Crippen molar-refractivity contribution in [2.75, 3.05) is 0 Å². The van der Waals surface area contributed by atoms with Crippen LogP contribution in [0.3, 0.4) is 0 Å². The van der Waals surface area contributed by atoms with Crippen molar-refractivity contribution in [2.45, 2.75) is 19.3 Å². The van der Waals surface area contributed by atoms with Crippen LogP contribution in [0.4, 0.5) is 26.3 Å². The second kappa shape index (κ2) is 9.30. The highest BCUT2D eigenvalue weighted by molar-refractivity contribution is 7.13. The van der Waals surface area contributed by atoms with Gasteiger partial charge >= 0.3 is 17.5 Å². The summed E-state index contributed by atoms with van der Waals surface area (Å²) in [5.74, 6) is -1.25. The van der Waals surface area contributed by atoms with Crippen molar-refractivity contribution in [1.82, 2.24) is 30.2 Å². The van der Waals surface area contributed by atoms with E-state index in [9.17, 15) is 31.1 Å². The Morgan fingerprint density at radius 3 is 2.14 bits per heavy atom. The summed E-state index contributed by atoms with van der Waals surface area (Å²) in [6.07, 6.45) is -8.52. The summed E-state index contributed by atoms with van der Waals surface area (Å²) in [6.45, 7) is 1.43. The SMILES string of the molecule is Cc1c(/C(=C\C(N)=O)c2ccccc2)c(Oc2nnc(C(F)(F)F)s2)nn1-c1nnc(C(F)(F)F)s1. The molecule has 0 aliphatic rings. The summed E-state index contributed by atoms with van der Waals surface area (Å²) in [5, 5.41) is 13.7. The quantitative estimate of drug-likeness (QED) is 0.276. The zero-order valence-corrected chi connectivity index (χ0v) is 19.3. The molecule has 2 N–H and O–H groups in total. The molecule has 0 unspecified atom stereocenters. The van der Waals surface area contributed by atoms with Crippen LogP contribution >= 0.6 is 22.7 Å². The molecule has 3 heterocycles. The van der Waals surface area contributed by atoms with Crippen molar-refractivity contribution in [3.8, 4) is 16.2 Å². The molecule has 4 rings (SSSR count). The van der Waals surface area contributed by atoms with Crippen LogP contribution < -0.4 is 10.5 Å². The average molecular weight is 547 g/mol. The Morgan fingerprint density at radius 2 is 1.58 bits per heavy atom. The number of aromatic nitrogens is 6. The number of rotatable bonds is 6. The van der Waals surface area contributed by atoms with Gasteiger partial charge in [0.2, 0.25) is 26.9 Å². The molecule has 0 saturated heterocycles. The van der Waals surface area contributed by atoms with Crippen LogP contribution in [0.15, 0.2) is 36.4 Å². The van der Waals surface area contributed by atoms with Crippen LogP contribution in [0.1, 0.15) is 26.8 Å². The predicted molar refractivity (Wildman–Crippen MR) is 114 cm³/mol. The number of nitrogens with two attached hydrogens (primary N) is 1. The molecule has 0 spiro atoms. The molecule has 0 atom stereocenters. The number of benzene rings is 1. The molecule has 3 aromatic heterocycles. The van der Waals surface area contributed by atoms with Gasteiger partial charge in [0, 0.05) is 11.6 Å². The molecule has 1 aromatic carbocycles. The second-order valence-electron chi connectivity index (χ2n) is 6.86. The largest absolute Gasteiger partial charge is 0.445 e. The van der Waals surface area contributed by atoms with E-state index in [1.54, 1.807) is 30.3 Å². The zero-order chi connectivity index (χ0) is 26.3. The number of alkyl halides is 6. The van der Waals surface area contributed by atoms with Crippen molar-refractivity contribution < 1.29 is 35.9 Å². The molecule has 188 valence electrons. The number of ether oxygens (including phenoxy) is 1. The second-order valence-corrected chi connectivity index (χ2v) is 8.76. The summed E-state index contributed by atoms with van der Waals surface area (Å²) in [7, 11) is 0. The molecule has 0 fully saturated rings.